The lowest BCUT2D eigenvalue weighted by atomic mass is 9.90. The highest BCUT2D eigenvalue weighted by Gasteiger charge is 2.14. The topological polar surface area (TPSA) is 32.6 Å². The van der Waals surface area contributed by atoms with E-state index >= 15 is 0 Å². The Bertz CT molecular complexity index is 681. The number of rotatable bonds is 1. The molecule has 19 heavy (non-hydrogen) atoms. The highest BCUT2D eigenvalue weighted by atomic mass is 16.4. The van der Waals surface area contributed by atoms with Crippen LogP contribution in [0.25, 0.3) is 11.6 Å². The van der Waals surface area contributed by atoms with Gasteiger partial charge in [-0.05, 0) is 28.9 Å². The van der Waals surface area contributed by atoms with E-state index in [1.54, 1.807) is 0 Å². The second kappa shape index (κ2) is 4.94. The van der Waals surface area contributed by atoms with Crippen molar-refractivity contribution in [3.05, 3.63) is 83.4 Å². The molecule has 0 saturated heterocycles. The van der Waals surface area contributed by atoms with Gasteiger partial charge in [-0.15, -0.1) is 0 Å². The minimum Gasteiger partial charge on any atom is -0.410 e. The molecule has 2 aromatic carbocycles. The van der Waals surface area contributed by atoms with Crippen molar-refractivity contribution in [2.24, 2.45) is 5.16 Å². The van der Waals surface area contributed by atoms with Gasteiger partial charge in [0.15, 0.2) is 0 Å². The zero-order valence-corrected chi connectivity index (χ0v) is 10.3. The lowest BCUT2D eigenvalue weighted by Gasteiger charge is -2.14. The van der Waals surface area contributed by atoms with Crippen LogP contribution in [0.2, 0.25) is 0 Å². The summed E-state index contributed by atoms with van der Waals surface area (Å²) in [5.74, 6) is 0. The van der Waals surface area contributed by atoms with Crippen molar-refractivity contribution in [1.82, 2.24) is 0 Å². The largest absolute Gasteiger partial charge is 0.410 e. The summed E-state index contributed by atoms with van der Waals surface area (Å²) in [6.45, 7) is 0. The number of oxime groups is 1. The summed E-state index contributed by atoms with van der Waals surface area (Å²) in [7, 11) is 0. The highest BCUT2D eigenvalue weighted by molar-refractivity contribution is 6.16. The number of hydrogen-bond acceptors (Lipinski definition) is 2. The van der Waals surface area contributed by atoms with Gasteiger partial charge >= 0.3 is 0 Å². The first kappa shape index (κ1) is 11.5. The number of fused-ring (bicyclic) bond motifs is 1. The number of allylic oxidation sites excluding steroid dienone is 3. The van der Waals surface area contributed by atoms with Crippen molar-refractivity contribution in [2.75, 3.05) is 0 Å². The van der Waals surface area contributed by atoms with Crippen LogP contribution >= 0.6 is 0 Å². The molecule has 2 nitrogen and oxygen atoms in total. The van der Waals surface area contributed by atoms with Gasteiger partial charge in [-0.25, -0.2) is 0 Å². The van der Waals surface area contributed by atoms with E-state index in [0.29, 0.717) is 5.71 Å². The summed E-state index contributed by atoms with van der Waals surface area (Å²) in [5.41, 5.74) is 4.91. The minimum atomic E-state index is 0.598. The predicted molar refractivity (Wildman–Crippen MR) is 78.2 cm³/mol. The van der Waals surface area contributed by atoms with Crippen LogP contribution < -0.4 is 0 Å². The van der Waals surface area contributed by atoms with Gasteiger partial charge < -0.3 is 5.21 Å². The number of nitrogens with zero attached hydrogens (tertiary/aromatic N) is 1. The minimum absolute atomic E-state index is 0.598. The zero-order chi connectivity index (χ0) is 13.1. The Balaban J connectivity index is 2.13. The Hall–Kier alpha value is -2.61. The third kappa shape index (κ3) is 2.20. The van der Waals surface area contributed by atoms with E-state index in [-0.39, 0.29) is 0 Å². The van der Waals surface area contributed by atoms with Gasteiger partial charge in [0, 0.05) is 5.56 Å². The van der Waals surface area contributed by atoms with Crippen LogP contribution in [0, 0.1) is 0 Å². The molecule has 2 heteroatoms. The number of hydrogen-bond donors (Lipinski definition) is 1. The molecule has 92 valence electrons. The van der Waals surface area contributed by atoms with Crippen LogP contribution in [0.4, 0.5) is 0 Å². The van der Waals surface area contributed by atoms with E-state index in [2.05, 4.69) is 23.4 Å². The summed E-state index contributed by atoms with van der Waals surface area (Å²) >= 11 is 0. The molecule has 0 aromatic heterocycles. The van der Waals surface area contributed by atoms with Crippen LogP contribution in [0.5, 0.6) is 0 Å². The van der Waals surface area contributed by atoms with Crippen molar-refractivity contribution in [3.63, 3.8) is 0 Å². The summed E-state index contributed by atoms with van der Waals surface area (Å²) in [6, 6.07) is 18.1. The van der Waals surface area contributed by atoms with Crippen LogP contribution in [-0.4, -0.2) is 10.9 Å². The third-order valence-electron chi connectivity index (χ3n) is 3.16. The SMILES string of the molecule is O/N=C1C=C/C(=C/c2ccccc2)c2ccccc2\1. The molecule has 1 aliphatic carbocycles. The van der Waals surface area contributed by atoms with E-state index in [1.165, 1.54) is 0 Å². The molecular weight excluding hydrogens is 234 g/mol. The van der Waals surface area contributed by atoms with E-state index in [4.69, 9.17) is 5.21 Å². The second-order valence-electron chi connectivity index (χ2n) is 4.37. The molecule has 1 aliphatic rings. The van der Waals surface area contributed by atoms with Gasteiger partial charge in [0.25, 0.3) is 0 Å². The van der Waals surface area contributed by atoms with E-state index in [1.807, 2.05) is 54.6 Å². The molecule has 0 radical (unpaired) electrons. The van der Waals surface area contributed by atoms with Gasteiger partial charge in [-0.2, -0.15) is 0 Å². The predicted octanol–water partition coefficient (Wildman–Crippen LogP) is 3.98. The maximum Gasteiger partial charge on any atom is 0.110 e. The fourth-order valence-electron chi connectivity index (χ4n) is 2.25. The maximum atomic E-state index is 9.03. The van der Waals surface area contributed by atoms with E-state index in [9.17, 15) is 0 Å². The Labute approximate surface area is 112 Å². The summed E-state index contributed by atoms with van der Waals surface area (Å²) in [6.07, 6.45) is 5.94. The monoisotopic (exact) mass is 247 g/mol. The molecule has 0 bridgehead atoms. The lowest BCUT2D eigenvalue weighted by Crippen LogP contribution is -2.05. The Kier molecular flexibility index (Phi) is 2.99. The quantitative estimate of drug-likeness (QED) is 0.600. The molecule has 0 aliphatic heterocycles. The molecule has 2 aromatic rings. The standard InChI is InChI=1S/C17H13NO/c19-18-17-11-10-14(12-13-6-2-1-3-7-13)15-8-4-5-9-16(15)17/h1-12,19H/b14-12-,18-17+. The normalized spacial score (nSPS) is 17.7. The zero-order valence-electron chi connectivity index (χ0n) is 10.3. The fourth-order valence-corrected chi connectivity index (χ4v) is 2.25. The van der Waals surface area contributed by atoms with Gasteiger partial charge in [0.1, 0.15) is 5.71 Å². The van der Waals surface area contributed by atoms with Crippen molar-refractivity contribution >= 4 is 17.4 Å². The Morgan fingerprint density at radius 1 is 0.789 bits per heavy atom. The summed E-state index contributed by atoms with van der Waals surface area (Å²) in [5, 5.41) is 12.4. The molecule has 0 fully saturated rings. The van der Waals surface area contributed by atoms with Crippen LogP contribution in [0.15, 0.2) is 71.9 Å². The first-order valence-electron chi connectivity index (χ1n) is 6.15. The van der Waals surface area contributed by atoms with Gasteiger partial charge in [-0.1, -0.05) is 65.8 Å². The Morgan fingerprint density at radius 3 is 2.21 bits per heavy atom. The molecular formula is C17H13NO. The molecule has 0 saturated carbocycles. The van der Waals surface area contributed by atoms with Gasteiger partial charge in [0.2, 0.25) is 0 Å². The smallest absolute Gasteiger partial charge is 0.110 e. The van der Waals surface area contributed by atoms with Gasteiger partial charge in [-0.3, -0.25) is 0 Å². The van der Waals surface area contributed by atoms with Crippen LogP contribution in [-0.2, 0) is 0 Å². The maximum absolute atomic E-state index is 9.03. The van der Waals surface area contributed by atoms with E-state index in [0.717, 1.165) is 22.3 Å². The molecule has 0 atom stereocenters. The molecule has 0 unspecified atom stereocenters. The van der Waals surface area contributed by atoms with E-state index < -0.39 is 0 Å². The summed E-state index contributed by atoms with van der Waals surface area (Å²) in [4.78, 5) is 0. The first-order valence-corrected chi connectivity index (χ1v) is 6.15. The molecule has 1 N–H and O–H groups in total. The van der Waals surface area contributed by atoms with Crippen LogP contribution in [0.1, 0.15) is 16.7 Å². The molecule has 0 heterocycles. The average Bonchev–Trinajstić information content (AvgIpc) is 2.49. The fraction of sp³-hybridized carbons (Fsp3) is 0. The van der Waals surface area contributed by atoms with Crippen molar-refractivity contribution in [3.8, 4) is 0 Å². The molecule has 3 rings (SSSR count). The number of benzene rings is 2. The second-order valence-corrected chi connectivity index (χ2v) is 4.37. The lowest BCUT2D eigenvalue weighted by molar-refractivity contribution is 0.320. The Morgan fingerprint density at radius 2 is 1.47 bits per heavy atom. The average molecular weight is 247 g/mol. The van der Waals surface area contributed by atoms with Crippen LogP contribution in [0.3, 0.4) is 0 Å². The first-order chi connectivity index (χ1) is 9.38. The van der Waals surface area contributed by atoms with Gasteiger partial charge in [0.05, 0.1) is 0 Å². The molecule has 0 amide bonds. The summed E-state index contributed by atoms with van der Waals surface area (Å²) < 4.78 is 0. The van der Waals surface area contributed by atoms with Crippen molar-refractivity contribution in [1.29, 1.82) is 0 Å². The third-order valence-corrected chi connectivity index (χ3v) is 3.16. The highest BCUT2D eigenvalue weighted by Crippen LogP contribution is 2.27. The van der Waals surface area contributed by atoms with Crippen molar-refractivity contribution in [2.45, 2.75) is 0 Å². The molecule has 0 spiro atoms. The van der Waals surface area contributed by atoms with Crippen molar-refractivity contribution < 1.29 is 5.21 Å².